The Hall–Kier alpha value is -2.22. The summed E-state index contributed by atoms with van der Waals surface area (Å²) in [5.74, 6) is 1.74. The van der Waals surface area contributed by atoms with Crippen molar-refractivity contribution in [1.82, 2.24) is 30.0 Å². The number of fused-ring (bicyclic) bond motifs is 2. The predicted octanol–water partition coefficient (Wildman–Crippen LogP) is -0.399. The third kappa shape index (κ3) is 2.24. The largest absolute Gasteiger partial charge is 0.353 e. The van der Waals surface area contributed by atoms with E-state index in [1.54, 1.807) is 4.68 Å². The lowest BCUT2D eigenvalue weighted by Crippen LogP contribution is -2.64. The van der Waals surface area contributed by atoms with Crippen LogP contribution in [0.25, 0.3) is 11.0 Å². The van der Waals surface area contributed by atoms with E-state index in [4.69, 9.17) is 0 Å². The Morgan fingerprint density at radius 3 is 2.83 bits per heavy atom. The first kappa shape index (κ1) is 14.4. The van der Waals surface area contributed by atoms with Gasteiger partial charge in [-0.15, -0.1) is 0 Å². The van der Waals surface area contributed by atoms with Gasteiger partial charge in [0.2, 0.25) is 5.91 Å². The lowest BCUT2D eigenvalue weighted by Gasteiger charge is -2.43. The number of piperazine rings is 2. The Balaban J connectivity index is 1.76. The minimum atomic E-state index is -0.0974. The quantitative estimate of drug-likeness (QED) is 0.771. The third-order valence-corrected chi connectivity index (χ3v) is 4.74. The van der Waals surface area contributed by atoms with Crippen LogP contribution in [0.2, 0.25) is 0 Å². The van der Waals surface area contributed by atoms with Crippen LogP contribution in [0.3, 0.4) is 0 Å². The van der Waals surface area contributed by atoms with Gasteiger partial charge in [-0.25, -0.2) is 9.97 Å². The Morgan fingerprint density at radius 1 is 1.17 bits per heavy atom. The fraction of sp³-hybridized carbons (Fsp3) is 0.600. The van der Waals surface area contributed by atoms with Crippen molar-refractivity contribution in [2.24, 2.45) is 7.05 Å². The molecule has 0 bridgehead atoms. The van der Waals surface area contributed by atoms with Crippen LogP contribution in [0.1, 0.15) is 11.5 Å². The van der Waals surface area contributed by atoms with Crippen LogP contribution in [0.15, 0.2) is 0 Å². The number of aryl methyl sites for hydroxylation is 3. The second-order valence-electron chi connectivity index (χ2n) is 6.29. The fourth-order valence-corrected chi connectivity index (χ4v) is 3.62. The highest BCUT2D eigenvalue weighted by molar-refractivity contribution is 5.91. The Labute approximate surface area is 134 Å². The first-order valence-electron chi connectivity index (χ1n) is 7.99. The summed E-state index contributed by atoms with van der Waals surface area (Å²) in [7, 11) is 1.90. The lowest BCUT2D eigenvalue weighted by atomic mass is 10.1. The zero-order chi connectivity index (χ0) is 16.1. The SMILES string of the molecule is Cc1nc(N2CCN3CCNC(=O)[C@@H]3C2)c2c(C)nn(C)c2n1. The van der Waals surface area contributed by atoms with E-state index in [1.165, 1.54) is 0 Å². The maximum absolute atomic E-state index is 12.2. The van der Waals surface area contributed by atoms with Crippen LogP contribution in [-0.4, -0.2) is 69.3 Å². The van der Waals surface area contributed by atoms with Crippen molar-refractivity contribution in [3.63, 3.8) is 0 Å². The average Bonchev–Trinajstić information content (AvgIpc) is 2.81. The van der Waals surface area contributed by atoms with Crippen LogP contribution in [-0.2, 0) is 11.8 Å². The van der Waals surface area contributed by atoms with E-state index in [0.29, 0.717) is 6.54 Å². The third-order valence-electron chi connectivity index (χ3n) is 4.74. The minimum Gasteiger partial charge on any atom is -0.353 e. The number of nitrogens with one attached hydrogen (secondary N) is 1. The van der Waals surface area contributed by atoms with E-state index in [9.17, 15) is 4.79 Å². The number of nitrogens with zero attached hydrogens (tertiary/aromatic N) is 6. The molecular formula is C15H21N7O. The molecule has 23 heavy (non-hydrogen) atoms. The number of hydrogen-bond donors (Lipinski definition) is 1. The van der Waals surface area contributed by atoms with Gasteiger partial charge in [-0.3, -0.25) is 14.4 Å². The standard InChI is InChI=1S/C15H21N7O/c1-9-12-13(20(3)19-9)17-10(2)18-14(12)22-7-6-21-5-4-16-15(23)11(21)8-22/h11H,4-8H2,1-3H3,(H,16,23)/t11-/m0/s1. The van der Waals surface area contributed by atoms with Crippen molar-refractivity contribution in [1.29, 1.82) is 0 Å². The predicted molar refractivity (Wildman–Crippen MR) is 86.4 cm³/mol. The molecule has 2 aromatic rings. The molecule has 2 fully saturated rings. The molecule has 0 spiro atoms. The minimum absolute atomic E-state index is 0.0974. The van der Waals surface area contributed by atoms with Gasteiger partial charge in [-0.1, -0.05) is 0 Å². The molecule has 1 amide bonds. The van der Waals surface area contributed by atoms with Crippen LogP contribution in [0.5, 0.6) is 0 Å². The zero-order valence-corrected chi connectivity index (χ0v) is 13.7. The second kappa shape index (κ2) is 5.16. The monoisotopic (exact) mass is 315 g/mol. The van der Waals surface area contributed by atoms with Crippen LogP contribution in [0.4, 0.5) is 5.82 Å². The van der Waals surface area contributed by atoms with Crippen molar-refractivity contribution >= 4 is 22.8 Å². The van der Waals surface area contributed by atoms with Crippen molar-refractivity contribution in [3.8, 4) is 0 Å². The van der Waals surface area contributed by atoms with E-state index >= 15 is 0 Å². The summed E-state index contributed by atoms with van der Waals surface area (Å²) in [5, 5.41) is 8.43. The summed E-state index contributed by atoms with van der Waals surface area (Å²) < 4.78 is 1.80. The summed E-state index contributed by atoms with van der Waals surface area (Å²) >= 11 is 0. The van der Waals surface area contributed by atoms with Gasteiger partial charge >= 0.3 is 0 Å². The lowest BCUT2D eigenvalue weighted by molar-refractivity contribution is -0.129. The molecule has 4 rings (SSSR count). The number of carbonyl (C=O) groups excluding carboxylic acids is 1. The highest BCUT2D eigenvalue weighted by atomic mass is 16.2. The molecule has 0 aromatic carbocycles. The molecule has 1 N–H and O–H groups in total. The summed E-state index contributed by atoms with van der Waals surface area (Å²) in [6, 6.07) is -0.0974. The number of anilines is 1. The molecule has 0 saturated carbocycles. The number of amides is 1. The van der Waals surface area contributed by atoms with Crippen molar-refractivity contribution in [2.45, 2.75) is 19.9 Å². The van der Waals surface area contributed by atoms with Crippen molar-refractivity contribution in [2.75, 3.05) is 37.6 Å². The van der Waals surface area contributed by atoms with Gasteiger partial charge in [0.1, 0.15) is 17.7 Å². The number of aromatic nitrogens is 4. The van der Waals surface area contributed by atoms with E-state index in [1.807, 2.05) is 20.9 Å². The van der Waals surface area contributed by atoms with Gasteiger partial charge in [-0.2, -0.15) is 5.10 Å². The van der Waals surface area contributed by atoms with Crippen LogP contribution >= 0.6 is 0 Å². The normalized spacial score (nSPS) is 22.3. The number of rotatable bonds is 1. The van der Waals surface area contributed by atoms with E-state index in [0.717, 1.165) is 54.5 Å². The van der Waals surface area contributed by atoms with E-state index in [-0.39, 0.29) is 11.9 Å². The Bertz CT molecular complexity index is 784. The van der Waals surface area contributed by atoms with Gasteiger partial charge in [0.15, 0.2) is 5.65 Å². The summed E-state index contributed by atoms with van der Waals surface area (Å²) in [4.78, 5) is 25.8. The highest BCUT2D eigenvalue weighted by Crippen LogP contribution is 2.28. The topological polar surface area (TPSA) is 79.2 Å². The molecule has 4 heterocycles. The molecule has 0 radical (unpaired) electrons. The molecule has 2 aliphatic heterocycles. The summed E-state index contributed by atoms with van der Waals surface area (Å²) in [5.41, 5.74) is 1.77. The van der Waals surface area contributed by atoms with Crippen molar-refractivity contribution in [3.05, 3.63) is 11.5 Å². The molecule has 122 valence electrons. The second-order valence-corrected chi connectivity index (χ2v) is 6.29. The summed E-state index contributed by atoms with van der Waals surface area (Å²) in [6.45, 7) is 7.95. The molecule has 2 aliphatic rings. The highest BCUT2D eigenvalue weighted by Gasteiger charge is 2.36. The van der Waals surface area contributed by atoms with Crippen LogP contribution in [0, 0.1) is 13.8 Å². The molecule has 2 saturated heterocycles. The van der Waals surface area contributed by atoms with Gasteiger partial charge in [0, 0.05) is 39.8 Å². The van der Waals surface area contributed by atoms with Crippen molar-refractivity contribution < 1.29 is 4.79 Å². The fourth-order valence-electron chi connectivity index (χ4n) is 3.62. The molecule has 8 heteroatoms. The van der Waals surface area contributed by atoms with Gasteiger partial charge < -0.3 is 10.2 Å². The molecule has 1 atom stereocenters. The van der Waals surface area contributed by atoms with Gasteiger partial charge in [0.25, 0.3) is 0 Å². The Kier molecular flexibility index (Phi) is 3.22. The zero-order valence-electron chi connectivity index (χ0n) is 13.7. The number of carbonyl (C=O) groups is 1. The Morgan fingerprint density at radius 2 is 2.00 bits per heavy atom. The first-order valence-corrected chi connectivity index (χ1v) is 7.99. The van der Waals surface area contributed by atoms with Crippen LogP contribution < -0.4 is 10.2 Å². The van der Waals surface area contributed by atoms with Gasteiger partial charge in [0.05, 0.1) is 11.1 Å². The molecule has 8 nitrogen and oxygen atoms in total. The number of hydrogen-bond acceptors (Lipinski definition) is 6. The average molecular weight is 315 g/mol. The maximum atomic E-state index is 12.2. The first-order chi connectivity index (χ1) is 11.0. The molecular weight excluding hydrogens is 294 g/mol. The molecule has 0 unspecified atom stereocenters. The molecule has 0 aliphatic carbocycles. The van der Waals surface area contributed by atoms with E-state index < -0.39 is 0 Å². The molecule has 2 aromatic heterocycles. The van der Waals surface area contributed by atoms with Gasteiger partial charge in [-0.05, 0) is 13.8 Å². The maximum Gasteiger partial charge on any atom is 0.239 e. The smallest absolute Gasteiger partial charge is 0.239 e. The van der Waals surface area contributed by atoms with E-state index in [2.05, 4.69) is 30.2 Å². The summed E-state index contributed by atoms with van der Waals surface area (Å²) in [6.07, 6.45) is 0.